The van der Waals surface area contributed by atoms with E-state index >= 15 is 0 Å². The maximum Gasteiger partial charge on any atom is 0.459 e. The second kappa shape index (κ2) is 6.98. The van der Waals surface area contributed by atoms with Gasteiger partial charge in [0.1, 0.15) is 0 Å². The number of primary sulfonamides is 1. The Morgan fingerprint density at radius 2 is 1.60 bits per heavy atom. The van der Waals surface area contributed by atoms with Gasteiger partial charge in [0.05, 0.1) is 4.90 Å². The van der Waals surface area contributed by atoms with E-state index in [0.29, 0.717) is 25.1 Å². The Kier molecular flexibility index (Phi) is 5.26. The highest BCUT2D eigenvalue weighted by Crippen LogP contribution is 2.49. The molecule has 2 heterocycles. The highest BCUT2D eigenvalue weighted by Gasteiger charge is 2.72. The van der Waals surface area contributed by atoms with Gasteiger partial charge < -0.3 is 4.57 Å². The Morgan fingerprint density at radius 1 is 1.03 bits per heavy atom. The molecule has 0 aliphatic carbocycles. The van der Waals surface area contributed by atoms with E-state index in [1.807, 2.05) is 0 Å². The van der Waals surface area contributed by atoms with Crippen LogP contribution in [-0.4, -0.2) is 31.0 Å². The van der Waals surface area contributed by atoms with Gasteiger partial charge in [-0.15, -0.1) is 0 Å². The van der Waals surface area contributed by atoms with Crippen molar-refractivity contribution in [3.05, 3.63) is 41.2 Å². The van der Waals surface area contributed by atoms with Crippen LogP contribution in [0.25, 0.3) is 11.1 Å². The minimum Gasteiger partial charge on any atom is -0.348 e. The van der Waals surface area contributed by atoms with E-state index in [0.717, 1.165) is 12.1 Å². The largest absolute Gasteiger partial charge is 0.459 e. The number of nitrogens with two attached hydrogens (primary N) is 1. The Hall–Kier alpha value is -2.08. The first-order valence-electron chi connectivity index (χ1n) is 8.74. The van der Waals surface area contributed by atoms with Crippen molar-refractivity contribution in [3.8, 4) is 11.1 Å². The molecule has 1 aliphatic rings. The van der Waals surface area contributed by atoms with Gasteiger partial charge in [0.15, 0.2) is 0 Å². The summed E-state index contributed by atoms with van der Waals surface area (Å²) in [6, 6.07) is 4.75. The first kappa shape index (κ1) is 22.6. The fraction of sp³-hybridized carbons (Fsp3) is 0.444. The lowest BCUT2D eigenvalue weighted by Gasteiger charge is -2.28. The monoisotopic (exact) mass is 458 g/mol. The summed E-state index contributed by atoms with van der Waals surface area (Å²) in [6.07, 6.45) is -7.18. The van der Waals surface area contributed by atoms with E-state index in [2.05, 4.69) is 0 Å². The van der Waals surface area contributed by atoms with Crippen molar-refractivity contribution in [3.63, 3.8) is 0 Å². The predicted molar refractivity (Wildman–Crippen MR) is 94.0 cm³/mol. The highest BCUT2D eigenvalue weighted by molar-refractivity contribution is 7.89. The fourth-order valence-electron chi connectivity index (χ4n) is 3.73. The summed E-state index contributed by atoms with van der Waals surface area (Å²) in [5, 5.41) is 5.02. The number of fused-ring (bicyclic) bond motifs is 1. The van der Waals surface area contributed by atoms with Gasteiger partial charge in [0.25, 0.3) is 0 Å². The molecule has 166 valence electrons. The fourth-order valence-corrected chi connectivity index (χ4v) is 4.25. The molecule has 0 saturated carbocycles. The van der Waals surface area contributed by atoms with Crippen LogP contribution in [0.2, 0.25) is 0 Å². The van der Waals surface area contributed by atoms with Gasteiger partial charge in [-0.25, -0.2) is 13.6 Å². The van der Waals surface area contributed by atoms with Gasteiger partial charge in [-0.2, -0.15) is 30.7 Å². The lowest BCUT2D eigenvalue weighted by Crippen LogP contribution is -2.53. The van der Waals surface area contributed by atoms with Gasteiger partial charge in [-0.1, -0.05) is 12.1 Å². The van der Waals surface area contributed by atoms with E-state index in [-0.39, 0.29) is 27.3 Å². The zero-order valence-corrected chi connectivity index (χ0v) is 16.3. The molecule has 0 atom stereocenters. The summed E-state index contributed by atoms with van der Waals surface area (Å²) >= 11 is 0. The maximum absolute atomic E-state index is 14.2. The number of sulfonamides is 1. The first-order chi connectivity index (χ1) is 13.6. The van der Waals surface area contributed by atoms with Crippen LogP contribution in [0.15, 0.2) is 29.2 Å². The zero-order valence-electron chi connectivity index (χ0n) is 15.5. The summed E-state index contributed by atoms with van der Waals surface area (Å²) in [4.78, 5) is -0.255. The number of hydrogen-bond donors (Lipinski definition) is 1. The molecule has 1 aliphatic heterocycles. The van der Waals surface area contributed by atoms with Crippen molar-refractivity contribution in [1.82, 2.24) is 4.57 Å². The smallest absolute Gasteiger partial charge is 0.348 e. The first-order valence-corrected chi connectivity index (χ1v) is 10.3. The Balaban J connectivity index is 2.14. The Bertz CT molecular complexity index is 1070. The van der Waals surface area contributed by atoms with E-state index in [1.54, 1.807) is 4.57 Å². The molecule has 12 heteroatoms. The van der Waals surface area contributed by atoms with E-state index in [1.165, 1.54) is 19.1 Å². The molecule has 1 aromatic heterocycles. The third-order valence-corrected chi connectivity index (χ3v) is 6.17. The topological polar surface area (TPSA) is 65.1 Å². The highest BCUT2D eigenvalue weighted by atomic mass is 32.2. The van der Waals surface area contributed by atoms with Gasteiger partial charge in [-0.3, -0.25) is 0 Å². The van der Waals surface area contributed by atoms with Crippen LogP contribution in [-0.2, 0) is 29.4 Å². The van der Waals surface area contributed by atoms with Gasteiger partial charge in [-0.05, 0) is 43.0 Å². The number of benzene rings is 1. The molecule has 2 N–H and O–H groups in total. The third-order valence-electron chi connectivity index (χ3n) is 5.24. The molecule has 4 nitrogen and oxygen atoms in total. The summed E-state index contributed by atoms with van der Waals surface area (Å²) in [5.74, 6) is -11.6. The molecule has 0 spiro atoms. The molecule has 30 heavy (non-hydrogen) atoms. The second-order valence-electron chi connectivity index (χ2n) is 7.16. The lowest BCUT2D eigenvalue weighted by atomic mass is 9.93. The second-order valence-corrected chi connectivity index (χ2v) is 8.73. The van der Waals surface area contributed by atoms with Crippen LogP contribution < -0.4 is 5.14 Å². The minimum atomic E-state index is -6.41. The summed E-state index contributed by atoms with van der Waals surface area (Å²) < 4.78 is 117. The maximum atomic E-state index is 14.2. The van der Waals surface area contributed by atoms with Crippen molar-refractivity contribution in [2.75, 3.05) is 0 Å². The predicted octanol–water partition coefficient (Wildman–Crippen LogP) is 4.43. The lowest BCUT2D eigenvalue weighted by molar-refractivity contribution is -0.354. The molecule has 0 fully saturated rings. The molecule has 2 aromatic rings. The van der Waals surface area contributed by atoms with Gasteiger partial charge in [0.2, 0.25) is 10.0 Å². The van der Waals surface area contributed by atoms with Crippen LogP contribution in [0.3, 0.4) is 0 Å². The molecular weight excluding hydrogens is 441 g/mol. The van der Waals surface area contributed by atoms with Crippen LogP contribution >= 0.6 is 0 Å². The number of rotatable bonds is 5. The van der Waals surface area contributed by atoms with E-state index in [9.17, 15) is 39.2 Å². The van der Waals surface area contributed by atoms with Crippen molar-refractivity contribution in [1.29, 1.82) is 0 Å². The van der Waals surface area contributed by atoms with E-state index < -0.39 is 34.5 Å². The molecule has 0 unspecified atom stereocenters. The number of halogens is 7. The molecule has 3 rings (SSSR count). The van der Waals surface area contributed by atoms with Crippen LogP contribution in [0.4, 0.5) is 30.7 Å². The Morgan fingerprint density at radius 3 is 2.10 bits per heavy atom. The number of alkyl halides is 7. The van der Waals surface area contributed by atoms with Gasteiger partial charge >= 0.3 is 18.0 Å². The summed E-state index contributed by atoms with van der Waals surface area (Å²) in [7, 11) is -4.03. The third kappa shape index (κ3) is 3.59. The average Bonchev–Trinajstić information content (AvgIpc) is 3.16. The molecule has 0 amide bonds. The number of hydrogen-bond acceptors (Lipinski definition) is 2. The van der Waals surface area contributed by atoms with Crippen LogP contribution in [0, 0.1) is 6.92 Å². The van der Waals surface area contributed by atoms with Crippen molar-refractivity contribution < 1.29 is 39.2 Å². The number of nitrogens with zero attached hydrogens (tertiary/aromatic N) is 1. The van der Waals surface area contributed by atoms with Crippen LogP contribution in [0.1, 0.15) is 23.4 Å². The van der Waals surface area contributed by atoms with E-state index in [4.69, 9.17) is 5.14 Å². The normalized spacial score (nSPS) is 15.5. The summed E-state index contributed by atoms with van der Waals surface area (Å²) in [6.45, 7) is 1.79. The molecule has 0 bridgehead atoms. The van der Waals surface area contributed by atoms with Crippen molar-refractivity contribution in [2.45, 2.75) is 55.6 Å². The Labute approximate surface area is 167 Å². The quantitative estimate of drug-likeness (QED) is 0.674. The zero-order chi connectivity index (χ0) is 22.7. The molecule has 0 radical (unpaired) electrons. The molecular formula is C18H17F7N2O2S. The number of aromatic nitrogens is 1. The standard InChI is InChI=1S/C18H17F7N2O2S/c1-10-13(9-16(19,20)17(21,22)18(23,24)25)15(14-3-2-8-27(10)14)11-4-6-12(7-5-11)30(26,28)29/h4-7H,2-3,8-9H2,1H3,(H2,26,28,29). The molecule has 1 aromatic carbocycles. The van der Waals surface area contributed by atoms with Crippen LogP contribution in [0.5, 0.6) is 0 Å². The minimum absolute atomic E-state index is 0.114. The SMILES string of the molecule is Cc1c(CC(F)(F)C(F)(F)C(F)(F)F)c(-c2ccc(S(N)(=O)=O)cc2)c2n1CCC2. The van der Waals surface area contributed by atoms with Gasteiger partial charge in [0, 0.05) is 29.9 Å². The van der Waals surface area contributed by atoms with Crippen molar-refractivity contribution in [2.24, 2.45) is 5.14 Å². The average molecular weight is 458 g/mol. The van der Waals surface area contributed by atoms with Crippen molar-refractivity contribution >= 4 is 10.0 Å². The summed E-state index contributed by atoms with van der Waals surface area (Å²) in [5.41, 5.74) is 0.704. The molecule has 0 saturated heterocycles.